The van der Waals surface area contributed by atoms with Crippen molar-refractivity contribution < 1.29 is 56.3 Å². The van der Waals surface area contributed by atoms with Crippen molar-refractivity contribution in [2.45, 2.75) is 193 Å². The van der Waals surface area contributed by atoms with Gasteiger partial charge in [-0.1, -0.05) is 92.6 Å². The highest BCUT2D eigenvalue weighted by Crippen LogP contribution is 2.39. The van der Waals surface area contributed by atoms with Crippen LogP contribution < -0.4 is 5.73 Å². The number of carbonyl (C=O) groups excluding carboxylic acids is 1. The number of aliphatic hydroxyl groups is 4. The van der Waals surface area contributed by atoms with Crippen LogP contribution in [0.4, 0.5) is 31.1 Å². The zero-order valence-corrected chi connectivity index (χ0v) is 52.7. The van der Waals surface area contributed by atoms with Crippen molar-refractivity contribution in [3.8, 4) is 17.1 Å². The molecule has 91 heavy (non-hydrogen) atoms. The van der Waals surface area contributed by atoms with Gasteiger partial charge in [0.15, 0.2) is 5.82 Å². The van der Waals surface area contributed by atoms with E-state index in [9.17, 15) is 46.5 Å². The summed E-state index contributed by atoms with van der Waals surface area (Å²) >= 11 is 0. The number of aromatic nitrogens is 6. The fraction of sp³-hybridized carbons (Fsp3) is 0.552. The largest absolute Gasteiger partial charge is 0.434 e. The number of ether oxygens (including phenoxy) is 1. The third kappa shape index (κ3) is 20.7. The number of fused-ring (bicyclic) bond motifs is 2. The van der Waals surface area contributed by atoms with E-state index in [1.54, 1.807) is 17.8 Å². The summed E-state index contributed by atoms with van der Waals surface area (Å²) in [7, 11) is 1.00. The number of aryl methyl sites for hydroxylation is 2. The number of benzene rings is 3. The molecule has 0 spiro atoms. The monoisotopic (exact) mass is 1270 g/mol. The van der Waals surface area contributed by atoms with E-state index in [2.05, 4.69) is 113 Å². The van der Waals surface area contributed by atoms with Crippen LogP contribution in [0.15, 0.2) is 118 Å². The first-order valence-corrected chi connectivity index (χ1v) is 31.7. The number of piperidine rings is 1. The Labute approximate surface area is 529 Å². The van der Waals surface area contributed by atoms with Crippen molar-refractivity contribution in [2.24, 2.45) is 49.8 Å². The topological polar surface area (TPSA) is 255 Å². The zero-order chi connectivity index (χ0) is 65.7. The van der Waals surface area contributed by atoms with Crippen LogP contribution in [0.25, 0.3) is 17.1 Å². The highest BCUT2D eigenvalue weighted by molar-refractivity contribution is 6.07. The van der Waals surface area contributed by atoms with Crippen LogP contribution in [0.2, 0.25) is 0 Å². The van der Waals surface area contributed by atoms with Crippen LogP contribution in [0, 0.1) is 30.6 Å². The van der Waals surface area contributed by atoms with Crippen LogP contribution in [-0.4, -0.2) is 141 Å². The van der Waals surface area contributed by atoms with Gasteiger partial charge in [0, 0.05) is 79.5 Å². The number of nitrogens with zero attached hydrogens (tertiary/aromatic N) is 11. The molecule has 7 atom stereocenters. The summed E-state index contributed by atoms with van der Waals surface area (Å²) in [6.07, 6.45) is 4.51. The number of halogens is 6. The summed E-state index contributed by atoms with van der Waals surface area (Å²) in [5.41, 5.74) is 16.9. The Morgan fingerprint density at radius 3 is 1.57 bits per heavy atom. The van der Waals surface area contributed by atoms with Crippen molar-refractivity contribution in [1.82, 2.24) is 35.1 Å². The summed E-state index contributed by atoms with van der Waals surface area (Å²) in [5.74, 6) is 2.36. The fourth-order valence-corrected chi connectivity index (χ4v) is 12.3. The Morgan fingerprint density at radius 2 is 1.05 bits per heavy atom. The highest BCUT2D eigenvalue weighted by Gasteiger charge is 2.60. The molecule has 1 saturated heterocycles. The summed E-state index contributed by atoms with van der Waals surface area (Å²) in [6, 6.07) is 26.1. The maximum Gasteiger partial charge on any atom is 0.434 e. The second-order valence-corrected chi connectivity index (χ2v) is 23.9. The normalized spacial score (nSPS) is 23.4. The first kappa shape index (κ1) is 71.3. The van der Waals surface area contributed by atoms with Gasteiger partial charge in [-0.25, -0.2) is 9.48 Å². The molecule has 3 fully saturated rings. The lowest BCUT2D eigenvalue weighted by Crippen LogP contribution is -2.49. The number of hydrogen-bond acceptors (Lipinski definition) is 16. The predicted octanol–water partition coefficient (Wildman–Crippen LogP) is 12.6. The number of amides is 1. The lowest BCUT2D eigenvalue weighted by molar-refractivity contribution is -0.308. The molecule has 0 unspecified atom stereocenters. The van der Waals surface area contributed by atoms with Crippen molar-refractivity contribution >= 4 is 28.9 Å². The molecule has 0 bridgehead atoms. The molecular formula is C67H88F6N12O6. The second kappa shape index (κ2) is 34.5. The maximum atomic E-state index is 12.8. The molecule has 11 rings (SSSR count). The Kier molecular flexibility index (Phi) is 27.1. The van der Waals surface area contributed by atoms with E-state index in [0.29, 0.717) is 48.6 Å². The van der Waals surface area contributed by atoms with Crippen molar-refractivity contribution in [1.29, 1.82) is 0 Å². The van der Waals surface area contributed by atoms with Gasteiger partial charge in [0.1, 0.15) is 0 Å². The average molecular weight is 1270 g/mol. The van der Waals surface area contributed by atoms with Gasteiger partial charge >= 0.3 is 18.4 Å². The number of hydrogen-bond donors (Lipinski definition) is 5. The Bertz CT molecular complexity index is 3190. The van der Waals surface area contributed by atoms with E-state index in [4.69, 9.17) is 10.8 Å². The van der Waals surface area contributed by atoms with Crippen LogP contribution >= 0.6 is 0 Å². The number of carbonyl (C=O) groups is 1. The molecule has 0 radical (unpaired) electrons. The van der Waals surface area contributed by atoms with Crippen LogP contribution in [-0.2, 0) is 17.7 Å². The minimum Gasteiger partial charge on any atom is -0.426 e. The third-order valence-electron chi connectivity index (χ3n) is 17.6. The van der Waals surface area contributed by atoms with Crippen LogP contribution in [0.5, 0.6) is 0 Å². The molecule has 2 aromatic heterocycles. The fourth-order valence-electron chi connectivity index (χ4n) is 12.3. The molecule has 3 aliphatic heterocycles. The lowest BCUT2D eigenvalue weighted by Gasteiger charge is -2.33. The molecule has 3 aromatic carbocycles. The van der Waals surface area contributed by atoms with E-state index in [1.165, 1.54) is 5.56 Å². The SMILES string of the molecule is CC1=NN=C(c2ccc(-n3ccc(C4CCN(C(=O)OC(C(F)(F)F)C(F)(F)F)CC4)n3)cc2)[C@@H]2CCC[C@H](O)CC[C@@H]12.CC1=NN=C(c2ccc(CN)cc2)[C@@H]2CCC[C@H](O)CC[C@@H]12.CCc1ccc(-c2nnc(C)nn2)cc1.CO.O[C@@H]1CC/C=C/CCC1. The van der Waals surface area contributed by atoms with Crippen molar-refractivity contribution in [3.63, 3.8) is 0 Å². The molecule has 3 aliphatic carbocycles. The Morgan fingerprint density at radius 1 is 0.571 bits per heavy atom. The smallest absolute Gasteiger partial charge is 0.426 e. The van der Waals surface area contributed by atoms with E-state index < -0.39 is 24.5 Å². The average Bonchev–Trinajstić information content (AvgIpc) is 1.49. The van der Waals surface area contributed by atoms with Gasteiger partial charge in [-0.2, -0.15) is 51.8 Å². The maximum absolute atomic E-state index is 12.8. The molecule has 18 nitrogen and oxygen atoms in total. The van der Waals surface area contributed by atoms with Gasteiger partial charge in [0.25, 0.3) is 6.10 Å². The number of alkyl halides is 6. The summed E-state index contributed by atoms with van der Waals surface area (Å²) in [5, 5.41) is 74.5. The minimum absolute atomic E-state index is 0.0325. The number of nitrogens with two attached hydrogens (primary N) is 1. The van der Waals surface area contributed by atoms with Gasteiger partial charge in [-0.15, -0.1) is 20.4 Å². The van der Waals surface area contributed by atoms with E-state index in [0.717, 1.165) is 166 Å². The van der Waals surface area contributed by atoms with Gasteiger partial charge in [-0.3, -0.25) is 0 Å². The highest BCUT2D eigenvalue weighted by atomic mass is 19.4. The van der Waals surface area contributed by atoms with Crippen LogP contribution in [0.1, 0.15) is 170 Å². The number of likely N-dealkylation sites (tertiary alicyclic amines) is 1. The first-order chi connectivity index (χ1) is 43.7. The third-order valence-corrected chi connectivity index (χ3v) is 17.6. The summed E-state index contributed by atoms with van der Waals surface area (Å²) < 4.78 is 82.1. The Hall–Kier alpha value is -7.12. The number of rotatable bonds is 8. The predicted molar refractivity (Wildman–Crippen MR) is 339 cm³/mol. The molecule has 5 heterocycles. The van der Waals surface area contributed by atoms with E-state index >= 15 is 0 Å². The quantitative estimate of drug-likeness (QED) is 0.0718. The molecule has 2 saturated carbocycles. The van der Waals surface area contributed by atoms with Crippen LogP contribution in [0.3, 0.4) is 0 Å². The van der Waals surface area contributed by atoms with Crippen molar-refractivity contribution in [2.75, 3.05) is 20.2 Å². The molecule has 5 aromatic rings. The number of aliphatic hydroxyl groups excluding tert-OH is 4. The summed E-state index contributed by atoms with van der Waals surface area (Å²) in [4.78, 5) is 12.9. The van der Waals surface area contributed by atoms with Gasteiger partial charge in [0.2, 0.25) is 5.82 Å². The second-order valence-electron chi connectivity index (χ2n) is 23.9. The van der Waals surface area contributed by atoms with Gasteiger partial charge < -0.3 is 35.8 Å². The van der Waals surface area contributed by atoms with Gasteiger partial charge in [-0.05, 0) is 164 Å². The van der Waals surface area contributed by atoms with E-state index in [1.807, 2.05) is 49.4 Å². The minimum atomic E-state index is -5.75. The lowest BCUT2D eigenvalue weighted by atomic mass is 9.74. The molecule has 6 aliphatic rings. The molecule has 494 valence electrons. The number of allylic oxidation sites excluding steroid dienone is 2. The first-order valence-electron chi connectivity index (χ1n) is 31.7. The van der Waals surface area contributed by atoms with Gasteiger partial charge in [0.05, 0.1) is 41.1 Å². The Balaban J connectivity index is 0.000000201. The van der Waals surface area contributed by atoms with E-state index in [-0.39, 0.29) is 49.2 Å². The zero-order valence-electron chi connectivity index (χ0n) is 52.7. The molecular weight excluding hydrogens is 1180 g/mol. The molecule has 1 amide bonds. The standard InChI is InChI=1S/C29H33F6N5O3.C18H25N3O.C11H12N4.C8H14O.CH4O/c1-17-22-10-9-21(41)3-2-4-23(22)25(37-36-17)19-5-7-20(8-6-19)40-16-13-24(38-40)18-11-14-39(15-12-18)27(42)43-26(28(30,31)32)29(33,34)35;1-12-16-10-9-15(22)3-2-4-17(16)18(21-20-12)14-7-5-13(11-19)6-8-14;1-3-9-4-6-10(7-5-9)11-14-12-8(2)13-15-11;9-8-6-4-2-1-3-5-7-8;1-2/h5-8,13,16,18,21-23,26,41H,2-4,9-12,14-15H2,1H3;5-8,15-17,22H,2-4,9-11,19H2,1H3;4-7H,3H2,1-2H3;1-2,8-9H,3-7H2;2H,1H3/b;;;2-1+;/t21-,22-,23+;15-,16-,17+;;8-;/m00.1./s1. The van der Waals surface area contributed by atoms with Crippen molar-refractivity contribution in [3.05, 3.63) is 131 Å². The summed E-state index contributed by atoms with van der Waals surface area (Å²) in [6.45, 7) is 8.41. The molecule has 24 heteroatoms. The molecule has 6 N–H and O–H groups in total.